The first-order valence-corrected chi connectivity index (χ1v) is 19.1. The first-order valence-electron chi connectivity index (χ1n) is 19.1. The van der Waals surface area contributed by atoms with E-state index in [-0.39, 0.29) is 0 Å². The Morgan fingerprint density at radius 3 is 0.795 bits per heavy atom. The second-order valence-corrected chi connectivity index (χ2v) is 13.7. The lowest BCUT2D eigenvalue weighted by Crippen LogP contribution is -1.87. The maximum absolute atomic E-state index is 2.58. The minimum absolute atomic E-state index is 0.892. The van der Waals surface area contributed by atoms with Gasteiger partial charge in [-0.3, -0.25) is 0 Å². The van der Waals surface area contributed by atoms with Crippen LogP contribution in [0.1, 0.15) is 239 Å². The Morgan fingerprint density at radius 1 is 0.308 bits per heavy atom. The Morgan fingerprint density at radius 2 is 0.538 bits per heavy atom. The molecule has 235 valence electrons. The summed E-state index contributed by atoms with van der Waals surface area (Å²) in [5, 5.41) is 0. The van der Waals surface area contributed by atoms with Gasteiger partial charge in [0.2, 0.25) is 0 Å². The van der Waals surface area contributed by atoms with Crippen LogP contribution in [0.3, 0.4) is 0 Å². The topological polar surface area (TPSA) is 0 Å². The minimum atomic E-state index is 0.892. The van der Waals surface area contributed by atoms with Crippen LogP contribution in [0, 0.1) is 12.3 Å². The van der Waals surface area contributed by atoms with Crippen LogP contribution >= 0.6 is 0 Å². The van der Waals surface area contributed by atoms with Gasteiger partial charge in [0.25, 0.3) is 0 Å². The largest absolute Gasteiger partial charge is 0.0654 e. The summed E-state index contributed by atoms with van der Waals surface area (Å²) in [6.07, 6.45) is 52.4. The highest BCUT2D eigenvalue weighted by Crippen LogP contribution is 2.17. The first-order chi connectivity index (χ1) is 19.3. The molecule has 0 aromatic heterocycles. The SMILES string of the molecule is CCCCCCCCCCCCCCCCCCCCCCCCCCC[CH]CCCCCCCCC(C)C. The molecule has 0 aromatic rings. The third-order valence-corrected chi connectivity index (χ3v) is 8.95. The molecule has 39 heavy (non-hydrogen) atoms. The van der Waals surface area contributed by atoms with Gasteiger partial charge in [0.15, 0.2) is 0 Å². The third-order valence-electron chi connectivity index (χ3n) is 8.95. The molecule has 0 unspecified atom stereocenters. The molecule has 0 aromatic carbocycles. The van der Waals surface area contributed by atoms with Crippen molar-refractivity contribution in [1.29, 1.82) is 0 Å². The van der Waals surface area contributed by atoms with Crippen LogP contribution in [0.15, 0.2) is 0 Å². The molecule has 0 aliphatic rings. The van der Waals surface area contributed by atoms with Crippen LogP contribution in [-0.4, -0.2) is 0 Å². The highest BCUT2D eigenvalue weighted by atomic mass is 14.0. The van der Waals surface area contributed by atoms with Crippen molar-refractivity contribution in [2.75, 3.05) is 0 Å². The molecule has 0 heterocycles. The van der Waals surface area contributed by atoms with E-state index >= 15 is 0 Å². The molecule has 0 N–H and O–H groups in total. The molecule has 0 atom stereocenters. The molecule has 1 radical (unpaired) electrons. The van der Waals surface area contributed by atoms with Crippen LogP contribution in [0.25, 0.3) is 0 Å². The summed E-state index contributed by atoms with van der Waals surface area (Å²) < 4.78 is 0. The Hall–Kier alpha value is 0. The van der Waals surface area contributed by atoms with Gasteiger partial charge in [-0.05, 0) is 12.3 Å². The maximum atomic E-state index is 2.58. The lowest BCUT2D eigenvalue weighted by molar-refractivity contribution is 0.510. The summed E-state index contributed by atoms with van der Waals surface area (Å²) in [6, 6.07) is 0. The van der Waals surface area contributed by atoms with E-state index in [0.717, 1.165) is 5.92 Å². The van der Waals surface area contributed by atoms with Crippen molar-refractivity contribution in [2.45, 2.75) is 239 Å². The zero-order valence-corrected chi connectivity index (χ0v) is 28.2. The predicted octanol–water partition coefficient (Wildman–Crippen LogP) is 15.1. The van der Waals surface area contributed by atoms with Gasteiger partial charge in [0.1, 0.15) is 0 Å². The van der Waals surface area contributed by atoms with Crippen molar-refractivity contribution in [2.24, 2.45) is 5.92 Å². The van der Waals surface area contributed by atoms with Crippen molar-refractivity contribution >= 4 is 0 Å². The molecular formula is C39H79. The van der Waals surface area contributed by atoms with E-state index in [4.69, 9.17) is 0 Å². The highest BCUT2D eigenvalue weighted by molar-refractivity contribution is 4.65. The molecule has 0 aliphatic carbocycles. The van der Waals surface area contributed by atoms with Crippen LogP contribution in [0.4, 0.5) is 0 Å². The van der Waals surface area contributed by atoms with Crippen molar-refractivity contribution in [3.8, 4) is 0 Å². The van der Waals surface area contributed by atoms with Crippen LogP contribution < -0.4 is 0 Å². The number of hydrogen-bond acceptors (Lipinski definition) is 0. The maximum Gasteiger partial charge on any atom is -0.0386 e. The van der Waals surface area contributed by atoms with E-state index in [1.54, 1.807) is 0 Å². The molecule has 0 spiro atoms. The molecular weight excluding hydrogens is 468 g/mol. The molecule has 0 aliphatic heterocycles. The van der Waals surface area contributed by atoms with Gasteiger partial charge in [-0.2, -0.15) is 0 Å². The van der Waals surface area contributed by atoms with E-state index in [0.29, 0.717) is 0 Å². The van der Waals surface area contributed by atoms with Gasteiger partial charge in [0.05, 0.1) is 0 Å². The van der Waals surface area contributed by atoms with Crippen LogP contribution in [-0.2, 0) is 0 Å². The quantitative estimate of drug-likeness (QED) is 0.0692. The average molecular weight is 548 g/mol. The van der Waals surface area contributed by atoms with Crippen LogP contribution in [0.5, 0.6) is 0 Å². The molecule has 0 nitrogen and oxygen atoms in total. The lowest BCUT2D eigenvalue weighted by atomic mass is 10.0. The highest BCUT2D eigenvalue weighted by Gasteiger charge is 1.98. The Kier molecular flexibility index (Phi) is 36.0. The van der Waals surface area contributed by atoms with Gasteiger partial charge in [-0.1, -0.05) is 239 Å². The summed E-state index contributed by atoms with van der Waals surface area (Å²) in [7, 11) is 0. The molecule has 0 amide bonds. The van der Waals surface area contributed by atoms with Crippen molar-refractivity contribution in [3.63, 3.8) is 0 Å². The van der Waals surface area contributed by atoms with Crippen molar-refractivity contribution < 1.29 is 0 Å². The summed E-state index contributed by atoms with van der Waals surface area (Å²) in [4.78, 5) is 0. The Balaban J connectivity index is 3.02. The van der Waals surface area contributed by atoms with E-state index < -0.39 is 0 Å². The van der Waals surface area contributed by atoms with Gasteiger partial charge in [0, 0.05) is 0 Å². The number of hydrogen-bond donors (Lipinski definition) is 0. The molecule has 0 saturated heterocycles. The minimum Gasteiger partial charge on any atom is -0.0654 e. The van der Waals surface area contributed by atoms with Crippen molar-refractivity contribution in [1.82, 2.24) is 0 Å². The van der Waals surface area contributed by atoms with Gasteiger partial charge >= 0.3 is 0 Å². The predicted molar refractivity (Wildman–Crippen MR) is 182 cm³/mol. The monoisotopic (exact) mass is 548 g/mol. The van der Waals surface area contributed by atoms with Gasteiger partial charge < -0.3 is 0 Å². The average Bonchev–Trinajstić information content (AvgIpc) is 2.93. The molecule has 0 heteroatoms. The second kappa shape index (κ2) is 36.0. The van der Waals surface area contributed by atoms with E-state index in [9.17, 15) is 0 Å². The molecule has 0 saturated carbocycles. The number of unbranched alkanes of at least 4 members (excludes halogenated alkanes) is 33. The first kappa shape index (κ1) is 39.0. The summed E-state index contributed by atoms with van der Waals surface area (Å²) >= 11 is 0. The smallest absolute Gasteiger partial charge is 0.0386 e. The normalized spacial score (nSPS) is 11.7. The second-order valence-electron chi connectivity index (χ2n) is 13.7. The fourth-order valence-corrected chi connectivity index (χ4v) is 6.12. The summed E-state index contributed by atoms with van der Waals surface area (Å²) in [5.41, 5.74) is 0. The third kappa shape index (κ3) is 38.0. The Labute approximate surface area is 251 Å². The fraction of sp³-hybridized carbons (Fsp3) is 0.974. The molecule has 0 fully saturated rings. The van der Waals surface area contributed by atoms with Crippen molar-refractivity contribution in [3.05, 3.63) is 6.42 Å². The van der Waals surface area contributed by atoms with E-state index in [1.165, 1.54) is 218 Å². The van der Waals surface area contributed by atoms with E-state index in [2.05, 4.69) is 27.2 Å². The lowest BCUT2D eigenvalue weighted by Gasteiger charge is -2.05. The van der Waals surface area contributed by atoms with E-state index in [1.807, 2.05) is 0 Å². The van der Waals surface area contributed by atoms with Gasteiger partial charge in [-0.25, -0.2) is 0 Å². The zero-order chi connectivity index (χ0) is 28.3. The summed E-state index contributed by atoms with van der Waals surface area (Å²) in [6.45, 7) is 7.00. The fourth-order valence-electron chi connectivity index (χ4n) is 6.12. The Bertz CT molecular complexity index is 397. The van der Waals surface area contributed by atoms with Crippen LogP contribution in [0.2, 0.25) is 0 Å². The standard InChI is InChI=1S/C39H79/c1-4-5-6-7-8-9-10-11-12-13-14-15-16-17-18-19-20-21-22-23-24-25-26-27-28-29-30-31-32-33-34-35-36-37-38-39(2)3/h30,39H,4-29,31-38H2,1-3H3. The molecule has 0 rings (SSSR count). The molecule has 0 bridgehead atoms. The number of rotatable bonds is 35. The zero-order valence-electron chi connectivity index (χ0n) is 28.2. The summed E-state index contributed by atoms with van der Waals surface area (Å²) in [5.74, 6) is 0.892. The van der Waals surface area contributed by atoms with Gasteiger partial charge in [-0.15, -0.1) is 0 Å².